The van der Waals surface area contributed by atoms with Crippen molar-refractivity contribution in [1.82, 2.24) is 10.0 Å². The number of aliphatic hydroxyl groups excluding tert-OH is 1. The molecule has 0 fully saturated rings. The lowest BCUT2D eigenvalue weighted by atomic mass is 10.3. The molecule has 14 heavy (non-hydrogen) atoms. The summed E-state index contributed by atoms with van der Waals surface area (Å²) < 4.78 is 0. The Morgan fingerprint density at radius 3 is 2.93 bits per heavy atom. The van der Waals surface area contributed by atoms with E-state index in [1.807, 2.05) is 0 Å². The van der Waals surface area contributed by atoms with E-state index in [1.54, 1.807) is 18.2 Å². The van der Waals surface area contributed by atoms with E-state index in [4.69, 9.17) is 9.94 Å². The second kappa shape index (κ2) is 4.69. The predicted molar refractivity (Wildman–Crippen MR) is 49.3 cm³/mol. The van der Waals surface area contributed by atoms with Gasteiger partial charge in [0.1, 0.15) is 5.69 Å². The van der Waals surface area contributed by atoms with Crippen LogP contribution in [-0.4, -0.2) is 35.2 Å². The first kappa shape index (κ1) is 10.6. The van der Waals surface area contributed by atoms with Crippen LogP contribution in [0.5, 0.6) is 0 Å². The molecular weight excluding hydrogens is 184 g/mol. The first-order chi connectivity index (χ1) is 6.69. The van der Waals surface area contributed by atoms with Gasteiger partial charge in [-0.1, -0.05) is 6.07 Å². The van der Waals surface area contributed by atoms with Crippen LogP contribution in [0.15, 0.2) is 18.2 Å². The van der Waals surface area contributed by atoms with Crippen molar-refractivity contribution in [2.75, 3.05) is 14.2 Å². The molecule has 0 saturated carbocycles. The first-order valence-corrected chi connectivity index (χ1v) is 4.08. The third-order valence-corrected chi connectivity index (χ3v) is 1.75. The lowest BCUT2D eigenvalue weighted by molar-refractivity contribution is -0.0760. The fourth-order valence-electron chi connectivity index (χ4n) is 0.931. The van der Waals surface area contributed by atoms with Crippen LogP contribution >= 0.6 is 0 Å². The van der Waals surface area contributed by atoms with Gasteiger partial charge >= 0.3 is 0 Å². The third kappa shape index (κ3) is 2.27. The van der Waals surface area contributed by atoms with Gasteiger partial charge in [0, 0.05) is 7.05 Å². The molecule has 1 rings (SSSR count). The molecular formula is C9H12N2O3. The molecule has 0 atom stereocenters. The van der Waals surface area contributed by atoms with Gasteiger partial charge in [-0.3, -0.25) is 9.63 Å². The maximum atomic E-state index is 11.5. The van der Waals surface area contributed by atoms with E-state index < -0.39 is 0 Å². The van der Waals surface area contributed by atoms with E-state index >= 15 is 0 Å². The zero-order valence-electron chi connectivity index (χ0n) is 8.10. The molecule has 0 aliphatic heterocycles. The fraction of sp³-hybridized carbons (Fsp3) is 0.333. The summed E-state index contributed by atoms with van der Waals surface area (Å²) in [5, 5.41) is 9.89. The number of hydrogen-bond acceptors (Lipinski definition) is 4. The van der Waals surface area contributed by atoms with Crippen LogP contribution in [0.2, 0.25) is 0 Å². The van der Waals surface area contributed by atoms with E-state index in [9.17, 15) is 4.79 Å². The first-order valence-electron chi connectivity index (χ1n) is 4.08. The lowest BCUT2D eigenvalue weighted by Gasteiger charge is -2.12. The quantitative estimate of drug-likeness (QED) is 0.702. The van der Waals surface area contributed by atoms with Crippen molar-refractivity contribution >= 4 is 5.91 Å². The number of carbonyl (C=O) groups is 1. The van der Waals surface area contributed by atoms with Gasteiger partial charge < -0.3 is 5.11 Å². The smallest absolute Gasteiger partial charge is 0.295 e. The van der Waals surface area contributed by atoms with Crippen LogP contribution in [-0.2, 0) is 11.4 Å². The number of amides is 1. The van der Waals surface area contributed by atoms with Gasteiger partial charge in [0.2, 0.25) is 0 Å². The number of nitrogens with zero attached hydrogens (tertiary/aromatic N) is 2. The highest BCUT2D eigenvalue weighted by Gasteiger charge is 2.12. The number of hydroxylamine groups is 2. The highest BCUT2D eigenvalue weighted by molar-refractivity contribution is 5.91. The van der Waals surface area contributed by atoms with Gasteiger partial charge in [-0.05, 0) is 12.1 Å². The standard InChI is InChI=1S/C9H12N2O3/c1-11(14-2)9(13)8-5-3-4-7(6-12)10-8/h3-5,12H,6H2,1-2H3. The molecule has 0 aliphatic carbocycles. The van der Waals surface area contributed by atoms with Crippen molar-refractivity contribution in [3.05, 3.63) is 29.6 Å². The van der Waals surface area contributed by atoms with Gasteiger partial charge in [-0.2, -0.15) is 0 Å². The molecule has 1 heterocycles. The highest BCUT2D eigenvalue weighted by Crippen LogP contribution is 2.02. The molecule has 0 aliphatic rings. The molecule has 1 amide bonds. The summed E-state index contributed by atoms with van der Waals surface area (Å²) >= 11 is 0. The molecule has 5 heteroatoms. The molecule has 0 saturated heterocycles. The van der Waals surface area contributed by atoms with Crippen LogP contribution in [0.3, 0.4) is 0 Å². The molecule has 0 aromatic carbocycles. The molecule has 0 radical (unpaired) electrons. The molecule has 5 nitrogen and oxygen atoms in total. The number of carbonyl (C=O) groups excluding carboxylic acids is 1. The highest BCUT2D eigenvalue weighted by atomic mass is 16.7. The summed E-state index contributed by atoms with van der Waals surface area (Å²) in [5.41, 5.74) is 0.709. The second-order valence-electron chi connectivity index (χ2n) is 2.66. The predicted octanol–water partition coefficient (Wildman–Crippen LogP) is 0.207. The van der Waals surface area contributed by atoms with E-state index in [-0.39, 0.29) is 18.2 Å². The second-order valence-corrected chi connectivity index (χ2v) is 2.66. The average Bonchev–Trinajstić information content (AvgIpc) is 2.27. The SMILES string of the molecule is CON(C)C(=O)c1cccc(CO)n1. The summed E-state index contributed by atoms with van der Waals surface area (Å²) in [6, 6.07) is 4.87. The minimum absolute atomic E-state index is 0.183. The average molecular weight is 196 g/mol. The molecule has 1 aromatic rings. The Bertz CT molecular complexity index is 328. The van der Waals surface area contributed by atoms with Gasteiger partial charge in [0.05, 0.1) is 19.4 Å². The zero-order chi connectivity index (χ0) is 10.6. The number of pyridine rings is 1. The van der Waals surface area contributed by atoms with Crippen molar-refractivity contribution in [2.45, 2.75) is 6.61 Å². The molecule has 0 unspecified atom stereocenters. The molecule has 1 aromatic heterocycles. The van der Waals surface area contributed by atoms with Crippen LogP contribution in [0, 0.1) is 0 Å². The van der Waals surface area contributed by atoms with E-state index in [1.165, 1.54) is 14.2 Å². The fourth-order valence-corrected chi connectivity index (χ4v) is 0.931. The van der Waals surface area contributed by atoms with Crippen LogP contribution < -0.4 is 0 Å². The minimum Gasteiger partial charge on any atom is -0.390 e. The third-order valence-electron chi connectivity index (χ3n) is 1.75. The van der Waals surface area contributed by atoms with E-state index in [0.29, 0.717) is 5.69 Å². The largest absolute Gasteiger partial charge is 0.390 e. The van der Waals surface area contributed by atoms with Crippen LogP contribution in [0.1, 0.15) is 16.2 Å². The lowest BCUT2D eigenvalue weighted by Crippen LogP contribution is -2.26. The summed E-state index contributed by atoms with van der Waals surface area (Å²) in [6.45, 7) is -0.183. The topological polar surface area (TPSA) is 62.7 Å². The molecule has 76 valence electrons. The number of aliphatic hydroxyl groups is 1. The summed E-state index contributed by atoms with van der Waals surface area (Å²) in [6.07, 6.45) is 0. The number of rotatable bonds is 3. The van der Waals surface area contributed by atoms with Crippen LogP contribution in [0.4, 0.5) is 0 Å². The van der Waals surface area contributed by atoms with Crippen molar-refractivity contribution in [3.63, 3.8) is 0 Å². The Kier molecular flexibility index (Phi) is 3.55. The zero-order valence-corrected chi connectivity index (χ0v) is 8.10. The van der Waals surface area contributed by atoms with Gasteiger partial charge in [0.15, 0.2) is 0 Å². The minimum atomic E-state index is -0.345. The molecule has 0 bridgehead atoms. The number of aromatic nitrogens is 1. The van der Waals surface area contributed by atoms with Gasteiger partial charge in [-0.15, -0.1) is 0 Å². The Morgan fingerprint density at radius 1 is 1.64 bits per heavy atom. The summed E-state index contributed by atoms with van der Waals surface area (Å²) in [5.74, 6) is -0.345. The van der Waals surface area contributed by atoms with Crippen molar-refractivity contribution < 1.29 is 14.7 Å². The monoisotopic (exact) mass is 196 g/mol. The van der Waals surface area contributed by atoms with Crippen LogP contribution in [0.25, 0.3) is 0 Å². The van der Waals surface area contributed by atoms with Crippen molar-refractivity contribution in [3.8, 4) is 0 Å². The van der Waals surface area contributed by atoms with Gasteiger partial charge in [-0.25, -0.2) is 10.0 Å². The normalized spacial score (nSPS) is 9.93. The maximum Gasteiger partial charge on any atom is 0.295 e. The van der Waals surface area contributed by atoms with E-state index in [2.05, 4.69) is 4.98 Å². The number of hydrogen-bond donors (Lipinski definition) is 1. The Hall–Kier alpha value is -1.46. The summed E-state index contributed by atoms with van der Waals surface area (Å²) in [4.78, 5) is 20.2. The van der Waals surface area contributed by atoms with Crippen molar-refractivity contribution in [2.24, 2.45) is 0 Å². The Balaban J connectivity index is 2.90. The molecule has 1 N–H and O–H groups in total. The van der Waals surface area contributed by atoms with E-state index in [0.717, 1.165) is 5.06 Å². The Morgan fingerprint density at radius 2 is 2.36 bits per heavy atom. The summed E-state index contributed by atoms with van der Waals surface area (Å²) in [7, 11) is 2.89. The Labute approximate surface area is 81.9 Å². The van der Waals surface area contributed by atoms with Crippen molar-refractivity contribution in [1.29, 1.82) is 0 Å². The molecule has 0 spiro atoms. The van der Waals surface area contributed by atoms with Gasteiger partial charge in [0.25, 0.3) is 5.91 Å². The maximum absolute atomic E-state index is 11.5.